The minimum atomic E-state index is 0.137. The number of nitrogens with zero attached hydrogens (tertiary/aromatic N) is 2. The van der Waals surface area contributed by atoms with Gasteiger partial charge < -0.3 is 10.6 Å². The molecule has 4 heteroatoms. The maximum atomic E-state index is 6.17. The van der Waals surface area contributed by atoms with E-state index in [1.54, 1.807) is 0 Å². The van der Waals surface area contributed by atoms with Crippen LogP contribution in [0.4, 0.5) is 5.69 Å². The summed E-state index contributed by atoms with van der Waals surface area (Å²) in [5.41, 5.74) is 7.54. The van der Waals surface area contributed by atoms with Gasteiger partial charge in [-0.2, -0.15) is 0 Å². The van der Waals surface area contributed by atoms with Crippen molar-refractivity contribution in [2.24, 2.45) is 5.73 Å². The first-order valence-corrected chi connectivity index (χ1v) is 7.04. The van der Waals surface area contributed by atoms with Crippen molar-refractivity contribution in [1.29, 1.82) is 0 Å². The highest BCUT2D eigenvalue weighted by Gasteiger charge is 2.40. The summed E-state index contributed by atoms with van der Waals surface area (Å²) in [6, 6.07) is 8.12. The molecule has 2 N–H and O–H groups in total. The fourth-order valence-electron chi connectivity index (χ4n) is 2.60. The Balaban J connectivity index is 1.56. The number of rotatable bonds is 3. The number of benzene rings is 1. The van der Waals surface area contributed by atoms with Crippen LogP contribution >= 0.6 is 11.6 Å². The molecule has 0 aromatic heterocycles. The first-order valence-electron chi connectivity index (χ1n) is 6.66. The Morgan fingerprint density at radius 3 is 2.50 bits per heavy atom. The highest BCUT2D eigenvalue weighted by atomic mass is 35.5. The van der Waals surface area contributed by atoms with Crippen molar-refractivity contribution >= 4 is 17.3 Å². The van der Waals surface area contributed by atoms with Crippen molar-refractivity contribution in [2.45, 2.75) is 18.4 Å². The van der Waals surface area contributed by atoms with Crippen LogP contribution in [0.3, 0.4) is 0 Å². The van der Waals surface area contributed by atoms with E-state index in [-0.39, 0.29) is 5.54 Å². The molecule has 1 aliphatic carbocycles. The van der Waals surface area contributed by atoms with E-state index in [4.69, 9.17) is 17.3 Å². The van der Waals surface area contributed by atoms with Gasteiger partial charge in [-0.3, -0.25) is 4.90 Å². The molecule has 2 fully saturated rings. The molecule has 1 heterocycles. The first-order chi connectivity index (χ1) is 8.65. The summed E-state index contributed by atoms with van der Waals surface area (Å²) in [4.78, 5) is 4.90. The van der Waals surface area contributed by atoms with E-state index in [0.29, 0.717) is 0 Å². The van der Waals surface area contributed by atoms with Crippen molar-refractivity contribution < 1.29 is 0 Å². The van der Waals surface area contributed by atoms with Gasteiger partial charge in [0.1, 0.15) is 0 Å². The largest absolute Gasteiger partial charge is 0.369 e. The van der Waals surface area contributed by atoms with Gasteiger partial charge in [0.15, 0.2) is 0 Å². The zero-order valence-electron chi connectivity index (χ0n) is 10.6. The Morgan fingerprint density at radius 1 is 1.17 bits per heavy atom. The molecule has 1 aliphatic heterocycles. The fourth-order valence-corrected chi connectivity index (χ4v) is 2.79. The Labute approximate surface area is 114 Å². The second kappa shape index (κ2) is 4.72. The van der Waals surface area contributed by atoms with Crippen LogP contribution in [-0.4, -0.2) is 43.2 Å². The third-order valence-corrected chi connectivity index (χ3v) is 4.21. The van der Waals surface area contributed by atoms with E-state index in [1.165, 1.54) is 18.5 Å². The highest BCUT2D eigenvalue weighted by Crippen LogP contribution is 2.33. The predicted molar refractivity (Wildman–Crippen MR) is 76.3 cm³/mol. The third-order valence-electron chi connectivity index (χ3n) is 3.98. The second-order valence-corrected chi connectivity index (χ2v) is 6.04. The smallest absolute Gasteiger partial charge is 0.0426 e. The molecule has 1 aromatic carbocycles. The van der Waals surface area contributed by atoms with Crippen molar-refractivity contribution in [1.82, 2.24) is 4.90 Å². The molecule has 3 nitrogen and oxygen atoms in total. The monoisotopic (exact) mass is 265 g/mol. The lowest BCUT2D eigenvalue weighted by molar-refractivity contribution is 0.236. The van der Waals surface area contributed by atoms with Gasteiger partial charge in [-0.05, 0) is 31.0 Å². The summed E-state index contributed by atoms with van der Waals surface area (Å²) < 4.78 is 0. The molecule has 1 aromatic rings. The maximum absolute atomic E-state index is 6.17. The molecule has 18 heavy (non-hydrogen) atoms. The molecular weight excluding hydrogens is 246 g/mol. The summed E-state index contributed by atoms with van der Waals surface area (Å²) in [6.45, 7) is 5.40. The van der Waals surface area contributed by atoms with Crippen LogP contribution in [0.5, 0.6) is 0 Å². The summed E-state index contributed by atoms with van der Waals surface area (Å²) >= 11 is 6.03. The number of hydrogen-bond acceptors (Lipinski definition) is 3. The molecule has 2 aliphatic rings. The van der Waals surface area contributed by atoms with E-state index in [2.05, 4.69) is 15.9 Å². The maximum Gasteiger partial charge on any atom is 0.0426 e. The molecule has 3 rings (SSSR count). The molecule has 0 radical (unpaired) electrons. The lowest BCUT2D eigenvalue weighted by atomic mass is 10.2. The highest BCUT2D eigenvalue weighted by molar-refractivity contribution is 6.30. The molecular formula is C14H20ClN3. The topological polar surface area (TPSA) is 32.5 Å². The van der Waals surface area contributed by atoms with E-state index in [1.807, 2.05) is 18.2 Å². The normalized spacial score (nSPS) is 23.1. The van der Waals surface area contributed by atoms with Gasteiger partial charge in [-0.15, -0.1) is 0 Å². The van der Waals surface area contributed by atoms with Gasteiger partial charge in [0, 0.05) is 49.0 Å². The molecule has 98 valence electrons. The summed E-state index contributed by atoms with van der Waals surface area (Å²) in [5, 5.41) is 0.814. The van der Waals surface area contributed by atoms with E-state index in [9.17, 15) is 0 Å². The minimum absolute atomic E-state index is 0.137. The first kappa shape index (κ1) is 12.3. The van der Waals surface area contributed by atoms with E-state index >= 15 is 0 Å². The van der Waals surface area contributed by atoms with Crippen molar-refractivity contribution in [3.8, 4) is 0 Å². The van der Waals surface area contributed by atoms with Gasteiger partial charge in [0.05, 0.1) is 0 Å². The number of piperazine rings is 1. The zero-order chi connectivity index (χ0) is 12.6. The molecule has 0 bridgehead atoms. The summed E-state index contributed by atoms with van der Waals surface area (Å²) in [7, 11) is 0. The van der Waals surface area contributed by atoms with Gasteiger partial charge in [-0.25, -0.2) is 0 Å². The van der Waals surface area contributed by atoms with Gasteiger partial charge in [-0.1, -0.05) is 17.7 Å². The van der Waals surface area contributed by atoms with Crippen LogP contribution in [0.25, 0.3) is 0 Å². The van der Waals surface area contributed by atoms with Gasteiger partial charge >= 0.3 is 0 Å². The molecule has 1 saturated carbocycles. The predicted octanol–water partition coefficient (Wildman–Crippen LogP) is 1.95. The molecule has 0 atom stereocenters. The SMILES string of the molecule is NC1(CN2CCN(c3cccc(Cl)c3)CC2)CC1. The van der Waals surface area contributed by atoms with Crippen molar-refractivity contribution in [3.63, 3.8) is 0 Å². The second-order valence-electron chi connectivity index (χ2n) is 5.61. The Bertz CT molecular complexity index is 423. The quantitative estimate of drug-likeness (QED) is 0.907. The Morgan fingerprint density at radius 2 is 1.89 bits per heavy atom. The molecule has 0 spiro atoms. The molecule has 1 saturated heterocycles. The lowest BCUT2D eigenvalue weighted by Gasteiger charge is -2.37. The van der Waals surface area contributed by atoms with E-state index < -0.39 is 0 Å². The van der Waals surface area contributed by atoms with Crippen LogP contribution in [0.1, 0.15) is 12.8 Å². The summed E-state index contributed by atoms with van der Waals surface area (Å²) in [5.74, 6) is 0. The van der Waals surface area contributed by atoms with Crippen LogP contribution in [0.15, 0.2) is 24.3 Å². The average molecular weight is 266 g/mol. The number of nitrogens with two attached hydrogens (primary N) is 1. The average Bonchev–Trinajstić information content (AvgIpc) is 3.08. The standard InChI is InChI=1S/C14H20ClN3/c15-12-2-1-3-13(10-12)18-8-6-17(7-9-18)11-14(16)4-5-14/h1-3,10H,4-9,11,16H2. The van der Waals surface area contributed by atoms with Crippen LogP contribution in [-0.2, 0) is 0 Å². The van der Waals surface area contributed by atoms with Gasteiger partial charge in [0.25, 0.3) is 0 Å². The zero-order valence-corrected chi connectivity index (χ0v) is 11.4. The Kier molecular flexibility index (Phi) is 3.22. The third kappa shape index (κ3) is 2.79. The van der Waals surface area contributed by atoms with Crippen LogP contribution in [0.2, 0.25) is 5.02 Å². The van der Waals surface area contributed by atoms with Crippen molar-refractivity contribution in [3.05, 3.63) is 29.3 Å². The van der Waals surface area contributed by atoms with Crippen molar-refractivity contribution in [2.75, 3.05) is 37.6 Å². The lowest BCUT2D eigenvalue weighted by Crippen LogP contribution is -2.50. The van der Waals surface area contributed by atoms with Crippen LogP contribution < -0.4 is 10.6 Å². The fraction of sp³-hybridized carbons (Fsp3) is 0.571. The minimum Gasteiger partial charge on any atom is -0.369 e. The number of anilines is 1. The number of hydrogen-bond donors (Lipinski definition) is 1. The summed E-state index contributed by atoms with van der Waals surface area (Å²) in [6.07, 6.45) is 2.39. The molecule has 0 amide bonds. The molecule has 0 unspecified atom stereocenters. The van der Waals surface area contributed by atoms with E-state index in [0.717, 1.165) is 37.7 Å². The number of halogens is 1. The van der Waals surface area contributed by atoms with Crippen LogP contribution in [0, 0.1) is 0 Å². The van der Waals surface area contributed by atoms with Gasteiger partial charge in [0.2, 0.25) is 0 Å². The Hall–Kier alpha value is -0.770.